The molecule has 0 saturated heterocycles. The molecular formula is C21H17ClN4O2S. The maximum absolute atomic E-state index is 13.2. The first-order valence-corrected chi connectivity index (χ1v) is 10.6. The molecule has 0 N–H and O–H groups in total. The van der Waals surface area contributed by atoms with Crippen molar-refractivity contribution in [2.75, 3.05) is 11.4 Å². The van der Waals surface area contributed by atoms with E-state index in [2.05, 4.69) is 10.1 Å². The number of para-hydroxylation sites is 1. The van der Waals surface area contributed by atoms with Crippen molar-refractivity contribution in [1.82, 2.24) is 14.8 Å². The molecule has 0 spiro atoms. The maximum Gasteiger partial charge on any atom is 0.284 e. The van der Waals surface area contributed by atoms with Gasteiger partial charge in [0.1, 0.15) is 5.82 Å². The van der Waals surface area contributed by atoms with E-state index >= 15 is 0 Å². The van der Waals surface area contributed by atoms with E-state index in [1.807, 2.05) is 42.5 Å². The summed E-state index contributed by atoms with van der Waals surface area (Å²) in [7, 11) is -2.45. The van der Waals surface area contributed by atoms with Crippen LogP contribution in [0, 0.1) is 0 Å². The van der Waals surface area contributed by atoms with Crippen LogP contribution < -0.4 is 4.31 Å². The van der Waals surface area contributed by atoms with Gasteiger partial charge in [0.05, 0.1) is 11.4 Å². The summed E-state index contributed by atoms with van der Waals surface area (Å²) >= 11 is 6.01. The Balaban J connectivity index is 1.86. The zero-order valence-electron chi connectivity index (χ0n) is 15.5. The number of aromatic nitrogens is 3. The van der Waals surface area contributed by atoms with Crippen molar-refractivity contribution in [2.24, 2.45) is 0 Å². The lowest BCUT2D eigenvalue weighted by Crippen LogP contribution is -2.27. The maximum atomic E-state index is 13.2. The van der Waals surface area contributed by atoms with E-state index < -0.39 is 10.0 Å². The number of hydrogen-bond donors (Lipinski definition) is 0. The normalized spacial score (nSPS) is 11.4. The molecule has 0 aliphatic carbocycles. The van der Waals surface area contributed by atoms with Crippen molar-refractivity contribution in [3.63, 3.8) is 0 Å². The summed E-state index contributed by atoms with van der Waals surface area (Å²) < 4.78 is 29.1. The smallest absolute Gasteiger partial charge is 0.252 e. The number of benzene rings is 2. The summed E-state index contributed by atoms with van der Waals surface area (Å²) in [6.45, 7) is 0. The molecule has 8 heteroatoms. The summed E-state index contributed by atoms with van der Waals surface area (Å²) in [5.74, 6) is 0.315. The van der Waals surface area contributed by atoms with Gasteiger partial charge in [-0.2, -0.15) is 13.5 Å². The molecule has 6 nitrogen and oxygen atoms in total. The highest BCUT2D eigenvalue weighted by atomic mass is 35.5. The molecule has 0 saturated carbocycles. The van der Waals surface area contributed by atoms with Gasteiger partial charge in [-0.25, -0.2) is 9.67 Å². The highest BCUT2D eigenvalue weighted by molar-refractivity contribution is 7.92. The predicted molar refractivity (Wildman–Crippen MR) is 114 cm³/mol. The lowest BCUT2D eigenvalue weighted by Gasteiger charge is -2.16. The van der Waals surface area contributed by atoms with Crippen molar-refractivity contribution < 1.29 is 8.42 Å². The fourth-order valence-electron chi connectivity index (χ4n) is 2.88. The SMILES string of the molecule is CN(c1ccccn1)S(=O)(=O)c1cc(-c2ccc(Cl)cc2)n(-c2ccccc2)n1. The molecule has 29 heavy (non-hydrogen) atoms. The Morgan fingerprint density at radius 3 is 2.28 bits per heavy atom. The van der Waals surface area contributed by atoms with E-state index in [9.17, 15) is 8.42 Å². The van der Waals surface area contributed by atoms with Gasteiger partial charge in [-0.15, -0.1) is 0 Å². The van der Waals surface area contributed by atoms with Crippen molar-refractivity contribution in [2.45, 2.75) is 5.03 Å². The van der Waals surface area contributed by atoms with Gasteiger partial charge in [-0.1, -0.05) is 48.0 Å². The first kappa shape index (κ1) is 19.2. The van der Waals surface area contributed by atoms with Crippen molar-refractivity contribution in [3.8, 4) is 16.9 Å². The molecular weight excluding hydrogens is 408 g/mol. The molecule has 2 aromatic heterocycles. The van der Waals surface area contributed by atoms with Crippen molar-refractivity contribution in [3.05, 3.63) is 90.1 Å². The van der Waals surface area contributed by atoms with Crippen LogP contribution in [0.4, 0.5) is 5.82 Å². The average molecular weight is 425 g/mol. The molecule has 2 heterocycles. The second-order valence-electron chi connectivity index (χ2n) is 6.28. The average Bonchev–Trinajstić information content (AvgIpc) is 3.21. The Hall–Kier alpha value is -3.16. The Labute approximate surface area is 174 Å². The third-order valence-electron chi connectivity index (χ3n) is 4.42. The summed E-state index contributed by atoms with van der Waals surface area (Å²) in [5, 5.41) is 4.95. The minimum atomic E-state index is -3.91. The Morgan fingerprint density at radius 2 is 1.62 bits per heavy atom. The van der Waals surface area contributed by atoms with Crippen LogP contribution in [-0.2, 0) is 10.0 Å². The molecule has 0 atom stereocenters. The summed E-state index contributed by atoms with van der Waals surface area (Å²) in [6, 6.07) is 23.2. The zero-order valence-corrected chi connectivity index (χ0v) is 17.0. The number of pyridine rings is 1. The number of anilines is 1. The number of hydrogen-bond acceptors (Lipinski definition) is 4. The number of nitrogens with zero attached hydrogens (tertiary/aromatic N) is 4. The highest BCUT2D eigenvalue weighted by Crippen LogP contribution is 2.28. The quantitative estimate of drug-likeness (QED) is 0.475. The third kappa shape index (κ3) is 3.74. The second-order valence-corrected chi connectivity index (χ2v) is 8.64. The highest BCUT2D eigenvalue weighted by Gasteiger charge is 2.27. The van der Waals surface area contributed by atoms with E-state index in [4.69, 9.17) is 11.6 Å². The Kier molecular flexibility index (Phi) is 5.08. The van der Waals surface area contributed by atoms with Gasteiger partial charge in [0, 0.05) is 29.9 Å². The second kappa shape index (κ2) is 7.69. The van der Waals surface area contributed by atoms with Crippen LogP contribution in [0.25, 0.3) is 16.9 Å². The molecule has 0 aliphatic heterocycles. The molecule has 0 aliphatic rings. The molecule has 146 valence electrons. The van der Waals surface area contributed by atoms with E-state index in [0.717, 1.165) is 15.6 Å². The van der Waals surface area contributed by atoms with Crippen LogP contribution in [0.2, 0.25) is 5.02 Å². The van der Waals surface area contributed by atoms with E-state index in [1.165, 1.54) is 7.05 Å². The van der Waals surface area contributed by atoms with E-state index in [-0.39, 0.29) is 5.03 Å². The largest absolute Gasteiger partial charge is 0.284 e. The van der Waals surface area contributed by atoms with Gasteiger partial charge in [0.15, 0.2) is 5.03 Å². The molecule has 0 amide bonds. The van der Waals surface area contributed by atoms with Gasteiger partial charge < -0.3 is 0 Å². The van der Waals surface area contributed by atoms with Crippen LogP contribution >= 0.6 is 11.6 Å². The van der Waals surface area contributed by atoms with Gasteiger partial charge >= 0.3 is 0 Å². The number of sulfonamides is 1. The molecule has 2 aromatic carbocycles. The van der Waals surface area contributed by atoms with E-state index in [0.29, 0.717) is 16.5 Å². The predicted octanol–water partition coefficient (Wildman–Crippen LogP) is 4.41. The molecule has 0 bridgehead atoms. The molecule has 4 rings (SSSR count). The summed E-state index contributed by atoms with van der Waals surface area (Å²) in [6.07, 6.45) is 1.54. The van der Waals surface area contributed by atoms with Crippen molar-refractivity contribution in [1.29, 1.82) is 0 Å². The fourth-order valence-corrected chi connectivity index (χ4v) is 4.09. The standard InChI is InChI=1S/C21H17ClN4O2S/c1-25(20-9-5-6-14-23-20)29(27,28)21-15-19(16-10-12-17(22)13-11-16)26(24-21)18-7-3-2-4-8-18/h2-15H,1H3. The first-order valence-electron chi connectivity index (χ1n) is 8.78. The monoisotopic (exact) mass is 424 g/mol. The zero-order chi connectivity index (χ0) is 20.4. The van der Waals surface area contributed by atoms with E-state index in [1.54, 1.807) is 47.3 Å². The lowest BCUT2D eigenvalue weighted by atomic mass is 10.1. The topological polar surface area (TPSA) is 68.1 Å². The molecule has 4 aromatic rings. The van der Waals surface area contributed by atoms with Gasteiger partial charge in [-0.3, -0.25) is 4.31 Å². The number of rotatable bonds is 5. The van der Waals surface area contributed by atoms with Gasteiger partial charge in [0.25, 0.3) is 10.0 Å². The minimum Gasteiger partial charge on any atom is -0.252 e. The molecule has 0 unspecified atom stereocenters. The minimum absolute atomic E-state index is 0.0699. The van der Waals surface area contributed by atoms with Crippen LogP contribution in [0.3, 0.4) is 0 Å². The van der Waals surface area contributed by atoms with Crippen molar-refractivity contribution >= 4 is 27.4 Å². The van der Waals surface area contributed by atoms with Crippen LogP contribution in [0.5, 0.6) is 0 Å². The summed E-state index contributed by atoms with van der Waals surface area (Å²) in [5.41, 5.74) is 2.19. The fraction of sp³-hybridized carbons (Fsp3) is 0.0476. The van der Waals surface area contributed by atoms with Gasteiger partial charge in [-0.05, 0) is 36.4 Å². The third-order valence-corrected chi connectivity index (χ3v) is 6.31. The number of halogens is 1. The van der Waals surface area contributed by atoms with Crippen LogP contribution in [0.1, 0.15) is 0 Å². The molecule has 0 fully saturated rings. The van der Waals surface area contributed by atoms with Crippen LogP contribution in [0.15, 0.2) is 90.1 Å². The summed E-state index contributed by atoms with van der Waals surface area (Å²) in [4.78, 5) is 4.12. The Bertz CT molecular complexity index is 1220. The lowest BCUT2D eigenvalue weighted by molar-refractivity contribution is 0.588. The molecule has 0 radical (unpaired) electrons. The van der Waals surface area contributed by atoms with Gasteiger partial charge in [0.2, 0.25) is 0 Å². The Morgan fingerprint density at radius 1 is 0.931 bits per heavy atom. The van der Waals surface area contributed by atoms with Crippen LogP contribution in [-0.4, -0.2) is 30.2 Å². The first-order chi connectivity index (χ1) is 14.0.